The Hall–Kier alpha value is -7.44. The third kappa shape index (κ3) is 24.4. The highest BCUT2D eigenvalue weighted by Crippen LogP contribution is 2.18. The summed E-state index contributed by atoms with van der Waals surface area (Å²) in [4.78, 5) is 170. The first-order valence-electron chi connectivity index (χ1n) is 31.9. The zero-order chi connectivity index (χ0) is 68.6. The van der Waals surface area contributed by atoms with Crippen LogP contribution in [0, 0.1) is 47.3 Å². The van der Waals surface area contributed by atoms with Crippen molar-refractivity contribution in [2.24, 2.45) is 47.3 Å². The second kappa shape index (κ2) is 37.7. The molecule has 1 fully saturated rings. The van der Waals surface area contributed by atoms with Crippen LogP contribution in [0.2, 0.25) is 0 Å². The molecule has 506 valence electrons. The second-order valence-corrected chi connectivity index (χ2v) is 26.0. The normalized spacial score (nSPS) is 22.4. The van der Waals surface area contributed by atoms with Gasteiger partial charge in [0, 0.05) is 12.8 Å². The van der Waals surface area contributed by atoms with E-state index in [9.17, 15) is 62.6 Å². The molecule has 0 spiro atoms. The van der Waals surface area contributed by atoms with E-state index in [4.69, 9.17) is 4.74 Å². The van der Waals surface area contributed by atoms with Gasteiger partial charge >= 0.3 is 5.97 Å². The first kappa shape index (κ1) is 78.7. The number of carbonyl (C=O) groups excluding carboxylic acids is 12. The van der Waals surface area contributed by atoms with E-state index >= 15 is 0 Å². The highest BCUT2D eigenvalue weighted by molar-refractivity contribution is 6.02. The molecule has 1 saturated heterocycles. The molecule has 0 radical (unpaired) electrons. The van der Waals surface area contributed by atoms with Gasteiger partial charge < -0.3 is 68.3 Å². The van der Waals surface area contributed by atoms with Gasteiger partial charge in [-0.05, 0) is 80.1 Å². The predicted octanol–water partition coefficient (Wildman–Crippen LogP) is 2.62. The number of esters is 1. The molecule has 14 atom stereocenters. The molecule has 0 saturated carbocycles. The fourth-order valence-corrected chi connectivity index (χ4v) is 9.80. The van der Waals surface area contributed by atoms with Crippen LogP contribution in [0.1, 0.15) is 169 Å². The Balaban J connectivity index is 2.64. The van der Waals surface area contributed by atoms with Crippen LogP contribution in [0.4, 0.5) is 0 Å². The number of aliphatic hydroxyl groups is 1. The molecule has 0 aromatic heterocycles. The van der Waals surface area contributed by atoms with Crippen LogP contribution in [0.15, 0.2) is 42.1 Å². The summed E-state index contributed by atoms with van der Waals surface area (Å²) < 4.78 is 5.93. The molecule has 1 aromatic carbocycles. The number of hydrogen-bond acceptors (Lipinski definition) is 14. The van der Waals surface area contributed by atoms with Crippen LogP contribution in [0.5, 0.6) is 0 Å². The van der Waals surface area contributed by atoms with E-state index in [0.717, 1.165) is 6.42 Å². The summed E-state index contributed by atoms with van der Waals surface area (Å²) in [6, 6.07) is -5.12. The van der Waals surface area contributed by atoms with E-state index in [0.29, 0.717) is 24.3 Å². The van der Waals surface area contributed by atoms with E-state index in [1.165, 1.54) is 26.8 Å². The number of aliphatic hydroxyl groups excluding tert-OH is 1. The second-order valence-electron chi connectivity index (χ2n) is 26.0. The van der Waals surface area contributed by atoms with Crippen LogP contribution >= 0.6 is 0 Å². The van der Waals surface area contributed by atoms with E-state index in [1.54, 1.807) is 127 Å². The van der Waals surface area contributed by atoms with Crippen LogP contribution in [-0.4, -0.2) is 149 Å². The van der Waals surface area contributed by atoms with Crippen molar-refractivity contribution in [2.45, 2.75) is 243 Å². The fourth-order valence-electron chi connectivity index (χ4n) is 9.80. The molecule has 1 aliphatic heterocycles. The van der Waals surface area contributed by atoms with Crippen LogP contribution in [0.25, 0.3) is 0 Å². The minimum absolute atomic E-state index is 0.0239. The minimum atomic E-state index is -1.80. The van der Waals surface area contributed by atoms with Crippen molar-refractivity contribution in [3.63, 3.8) is 0 Å². The van der Waals surface area contributed by atoms with Crippen LogP contribution < -0.4 is 58.5 Å². The van der Waals surface area contributed by atoms with Crippen molar-refractivity contribution in [1.29, 1.82) is 0 Å². The maximum Gasteiger partial charge on any atom is 0.329 e. The third-order valence-electron chi connectivity index (χ3n) is 16.1. The Morgan fingerprint density at radius 2 is 1.04 bits per heavy atom. The summed E-state index contributed by atoms with van der Waals surface area (Å²) in [5.41, 5.74) is 0.390. The number of hydrogen-bond donors (Lipinski definition) is 12. The monoisotopic (exact) mass is 1270 g/mol. The highest BCUT2D eigenvalue weighted by atomic mass is 16.5. The first-order valence-corrected chi connectivity index (χ1v) is 31.9. The summed E-state index contributed by atoms with van der Waals surface area (Å²) in [7, 11) is 0. The van der Waals surface area contributed by atoms with Gasteiger partial charge in [0.1, 0.15) is 72.2 Å². The molecule has 0 bridgehead atoms. The Morgan fingerprint density at radius 3 is 1.51 bits per heavy atom. The quantitative estimate of drug-likeness (QED) is 0.0445. The molecule has 90 heavy (non-hydrogen) atoms. The molecular formula is C65H107N11O14. The summed E-state index contributed by atoms with van der Waals surface area (Å²) in [5.74, 6) is -13.7. The number of nitrogens with one attached hydrogen (secondary N) is 11. The molecule has 1 heterocycles. The number of benzene rings is 1. The number of ether oxygens (including phenoxy) is 1. The number of carbonyl (C=O) groups is 12. The van der Waals surface area contributed by atoms with Gasteiger partial charge in [0.15, 0.2) is 0 Å². The zero-order valence-corrected chi connectivity index (χ0v) is 56.5. The van der Waals surface area contributed by atoms with Gasteiger partial charge in [-0.3, -0.25) is 52.7 Å². The molecule has 1 aliphatic rings. The summed E-state index contributed by atoms with van der Waals surface area (Å²) in [6.45, 7) is 31.5. The molecule has 25 nitrogen and oxygen atoms in total. The Kier molecular flexibility index (Phi) is 32.9. The Morgan fingerprint density at radius 1 is 0.567 bits per heavy atom. The van der Waals surface area contributed by atoms with Gasteiger partial charge in [-0.25, -0.2) is 4.79 Å². The average Bonchev–Trinajstić information content (AvgIpc) is 1.30. The SMILES string of the molecule is C/C=C1\NC(=O)[C@H](Cc2ccccc2)NC(=O)[C@@H](C(C)C)NC(=O)[C@@H]([C@@H](C)CC)NC(=O)[C@H](NC(=O)[C@H](NC(=O)[C@H](NC(=O)[C@@H](NC(=O)[C@@H](NC(=O)[C@H](NC(=O)CCCC(C)C)C(C)C)[C@@H](C)O)C(C)C)C(C)C)[C@@H](C)CC)[C@@H](C)OC(=O)[C@H](C(C)C)NC1=O. The molecule has 0 aliphatic carbocycles. The van der Waals surface area contributed by atoms with Crippen molar-refractivity contribution in [3.8, 4) is 0 Å². The largest absolute Gasteiger partial charge is 0.458 e. The van der Waals surface area contributed by atoms with Gasteiger partial charge in [-0.1, -0.05) is 166 Å². The maximum atomic E-state index is 14.9. The van der Waals surface area contributed by atoms with Gasteiger partial charge in [0.2, 0.25) is 59.1 Å². The lowest BCUT2D eigenvalue weighted by Crippen LogP contribution is -2.64. The maximum absolute atomic E-state index is 14.9. The number of rotatable bonds is 27. The fraction of sp³-hybridized carbons (Fsp3) is 0.692. The van der Waals surface area contributed by atoms with Gasteiger partial charge in [-0.2, -0.15) is 0 Å². The summed E-state index contributed by atoms with van der Waals surface area (Å²) in [6.07, 6.45) is 0.467. The van der Waals surface area contributed by atoms with Gasteiger partial charge in [0.05, 0.1) is 6.10 Å². The molecule has 25 heteroatoms. The zero-order valence-electron chi connectivity index (χ0n) is 56.5. The molecule has 1 aromatic rings. The number of allylic oxidation sites excluding steroid dienone is 1. The average molecular weight is 1270 g/mol. The third-order valence-corrected chi connectivity index (χ3v) is 16.1. The van der Waals surface area contributed by atoms with E-state index < -0.39 is 179 Å². The summed E-state index contributed by atoms with van der Waals surface area (Å²) in [5, 5.41) is 40.2. The van der Waals surface area contributed by atoms with Crippen molar-refractivity contribution >= 4 is 70.9 Å². The van der Waals surface area contributed by atoms with Crippen molar-refractivity contribution in [2.75, 3.05) is 0 Å². The lowest BCUT2D eigenvalue weighted by molar-refractivity contribution is -0.157. The lowest BCUT2D eigenvalue weighted by atomic mass is 9.94. The van der Waals surface area contributed by atoms with E-state index in [1.807, 2.05) is 13.8 Å². The minimum Gasteiger partial charge on any atom is -0.458 e. The Bertz CT molecular complexity index is 2640. The van der Waals surface area contributed by atoms with Crippen molar-refractivity contribution in [1.82, 2.24) is 58.5 Å². The molecule has 2 rings (SSSR count). The standard InChI is InChI=1S/C65H107N11O14/c1-20-38(16)51-61(85)70-47(34(8)9)57(81)67-44(31-42-28-24-23-25-29-42)56(80)66-43(22-3)55(79)72-50(37(14)15)65(89)90-41(19)54(64(88)74-51)76-62(86)52(39(17)21-2)73-60(84)49(36(12)13)69-59(83)48(35(10)11)71-63(87)53(40(18)77)75-58(82)46(33(6)7)68-45(78)30-26-27-32(4)5/h22-25,28-29,32-41,44,46-54,77H,20-21,26-27,30-31H2,1-19H3,(H,66,80)(H,67,81)(H,68,78)(H,69,83)(H,70,85)(H,71,87)(H,72,79)(H,73,84)(H,74,88)(H,75,82)(H,76,86)/b43-22-/t38-,39-,40+,41+,44-,46+,47+,48-,49+,50-,51+,52+,53-,54+/m0/s1. The molecule has 11 amide bonds. The first-order chi connectivity index (χ1) is 42.0. The molecule has 0 unspecified atom stereocenters. The van der Waals surface area contributed by atoms with Gasteiger partial charge in [0.25, 0.3) is 5.91 Å². The summed E-state index contributed by atoms with van der Waals surface area (Å²) >= 11 is 0. The van der Waals surface area contributed by atoms with Crippen LogP contribution in [-0.2, 0) is 68.7 Å². The number of amides is 11. The Labute approximate surface area is 532 Å². The van der Waals surface area contributed by atoms with Gasteiger partial charge in [-0.15, -0.1) is 0 Å². The number of cyclic esters (lactones) is 1. The predicted molar refractivity (Wildman–Crippen MR) is 340 cm³/mol. The molecular weight excluding hydrogens is 1160 g/mol. The van der Waals surface area contributed by atoms with Crippen molar-refractivity contribution in [3.05, 3.63) is 47.7 Å². The lowest BCUT2D eigenvalue weighted by Gasteiger charge is -2.33. The molecule has 12 N–H and O–H groups in total. The topological polar surface area (TPSA) is 367 Å². The van der Waals surface area contributed by atoms with E-state index in [2.05, 4.69) is 58.5 Å². The highest BCUT2D eigenvalue weighted by Gasteiger charge is 2.42. The smallest absolute Gasteiger partial charge is 0.329 e. The van der Waals surface area contributed by atoms with E-state index in [-0.39, 0.29) is 30.9 Å². The van der Waals surface area contributed by atoms with Crippen LogP contribution in [0.3, 0.4) is 0 Å². The van der Waals surface area contributed by atoms with Crippen molar-refractivity contribution < 1.29 is 67.4 Å².